The van der Waals surface area contributed by atoms with Gasteiger partial charge in [-0.05, 0) is 35.4 Å². The second-order valence-corrected chi connectivity index (χ2v) is 6.29. The molecule has 0 saturated carbocycles. The smallest absolute Gasteiger partial charge is 0.0372 e. The number of rotatable bonds is 12. The molecule has 0 amide bonds. The van der Waals surface area contributed by atoms with Crippen LogP contribution in [0.15, 0.2) is 99.2 Å². The van der Waals surface area contributed by atoms with Crippen molar-refractivity contribution < 1.29 is 0 Å². The predicted molar refractivity (Wildman–Crippen MR) is 121 cm³/mol. The molecule has 0 unspecified atom stereocenters. The Morgan fingerprint density at radius 1 is 0.519 bits per heavy atom. The molecule has 1 radical (unpaired) electrons. The Kier molecular flexibility index (Phi) is 8.18. The van der Waals surface area contributed by atoms with Crippen LogP contribution in [-0.2, 0) is 0 Å². The van der Waals surface area contributed by atoms with Gasteiger partial charge in [0.1, 0.15) is 0 Å². The normalized spacial score (nSPS) is 10.1. The lowest BCUT2D eigenvalue weighted by Crippen LogP contribution is -2.23. The summed E-state index contributed by atoms with van der Waals surface area (Å²) in [6, 6.07) is 17.1. The Labute approximate surface area is 164 Å². The standard InChI is InChI=1S/C25H29N2/c1-5-17-26(18-6-2)24-13-9-22(10-14-24)21-23-11-15-25(16-12-23)27(19-7-3)20-8-4/h5-16,21H,1-4,17-20H2. The van der Waals surface area contributed by atoms with Gasteiger partial charge in [-0.15, -0.1) is 26.3 Å². The molecule has 2 rings (SSSR count). The van der Waals surface area contributed by atoms with Crippen molar-refractivity contribution in [3.8, 4) is 0 Å². The highest BCUT2D eigenvalue weighted by Crippen LogP contribution is 2.21. The number of hydrogen-bond acceptors (Lipinski definition) is 2. The van der Waals surface area contributed by atoms with Crippen molar-refractivity contribution in [1.29, 1.82) is 0 Å². The number of nitrogens with zero attached hydrogens (tertiary/aromatic N) is 2. The van der Waals surface area contributed by atoms with E-state index in [2.05, 4.69) is 91.1 Å². The van der Waals surface area contributed by atoms with Crippen LogP contribution in [0.4, 0.5) is 11.4 Å². The van der Waals surface area contributed by atoms with Crippen LogP contribution in [0, 0.1) is 6.42 Å². The van der Waals surface area contributed by atoms with Crippen molar-refractivity contribution in [2.45, 2.75) is 0 Å². The molecule has 2 nitrogen and oxygen atoms in total. The van der Waals surface area contributed by atoms with Crippen molar-refractivity contribution in [3.05, 3.63) is 117 Å². The average Bonchev–Trinajstić information content (AvgIpc) is 2.69. The Morgan fingerprint density at radius 3 is 1.07 bits per heavy atom. The van der Waals surface area contributed by atoms with Crippen LogP contribution in [0.25, 0.3) is 0 Å². The average molecular weight is 358 g/mol. The molecule has 2 heteroatoms. The van der Waals surface area contributed by atoms with Crippen LogP contribution in [0.2, 0.25) is 0 Å². The minimum atomic E-state index is 0.808. The molecule has 0 aliphatic rings. The van der Waals surface area contributed by atoms with Gasteiger partial charge in [-0.25, -0.2) is 0 Å². The van der Waals surface area contributed by atoms with Crippen LogP contribution in [0.5, 0.6) is 0 Å². The third-order valence-corrected chi connectivity index (χ3v) is 4.25. The number of benzene rings is 2. The fraction of sp³-hybridized carbons (Fsp3) is 0.160. The van der Waals surface area contributed by atoms with E-state index >= 15 is 0 Å². The zero-order valence-electron chi connectivity index (χ0n) is 16.1. The van der Waals surface area contributed by atoms with Crippen LogP contribution < -0.4 is 9.80 Å². The topological polar surface area (TPSA) is 6.48 Å². The molecule has 0 spiro atoms. The molecule has 2 aromatic carbocycles. The third-order valence-electron chi connectivity index (χ3n) is 4.25. The summed E-state index contributed by atoms with van der Waals surface area (Å²) in [6.07, 6.45) is 9.82. The Morgan fingerprint density at radius 2 is 0.815 bits per heavy atom. The number of anilines is 2. The molecule has 27 heavy (non-hydrogen) atoms. The van der Waals surface area contributed by atoms with E-state index in [9.17, 15) is 0 Å². The van der Waals surface area contributed by atoms with Gasteiger partial charge in [0.05, 0.1) is 0 Å². The molecule has 0 aliphatic carbocycles. The second-order valence-electron chi connectivity index (χ2n) is 6.29. The first kappa shape index (κ1) is 20.3. The first-order valence-electron chi connectivity index (χ1n) is 9.20. The maximum absolute atomic E-state index is 3.83. The van der Waals surface area contributed by atoms with E-state index in [0.717, 1.165) is 26.2 Å². The summed E-state index contributed by atoms with van der Waals surface area (Å²) in [5.41, 5.74) is 4.70. The molecule has 139 valence electrons. The Bertz CT molecular complexity index is 655. The number of hydrogen-bond donors (Lipinski definition) is 0. The molecule has 0 heterocycles. The van der Waals surface area contributed by atoms with Gasteiger partial charge in [0, 0.05) is 44.0 Å². The summed E-state index contributed by atoms with van der Waals surface area (Å²) in [5, 5.41) is 0. The van der Waals surface area contributed by atoms with Crippen LogP contribution in [0.1, 0.15) is 11.1 Å². The highest BCUT2D eigenvalue weighted by atomic mass is 15.1. The predicted octanol–water partition coefficient (Wildman–Crippen LogP) is 5.64. The molecule has 0 aromatic heterocycles. The SMILES string of the molecule is C=CCN(CC=C)c1ccc([CH]c2ccc(N(CC=C)CC=C)cc2)cc1. The quantitative estimate of drug-likeness (QED) is 0.453. The zero-order valence-corrected chi connectivity index (χ0v) is 16.1. The molecular weight excluding hydrogens is 328 g/mol. The van der Waals surface area contributed by atoms with Gasteiger partial charge in [-0.3, -0.25) is 0 Å². The van der Waals surface area contributed by atoms with Crippen LogP contribution in [0.3, 0.4) is 0 Å². The van der Waals surface area contributed by atoms with E-state index in [4.69, 9.17) is 0 Å². The van der Waals surface area contributed by atoms with Gasteiger partial charge in [0.15, 0.2) is 0 Å². The molecule has 0 bridgehead atoms. The van der Waals surface area contributed by atoms with E-state index in [-0.39, 0.29) is 0 Å². The van der Waals surface area contributed by atoms with Gasteiger partial charge in [-0.2, -0.15) is 0 Å². The Hall–Kier alpha value is -3.00. The van der Waals surface area contributed by atoms with Crippen molar-refractivity contribution in [2.75, 3.05) is 36.0 Å². The van der Waals surface area contributed by atoms with Crippen molar-refractivity contribution in [1.82, 2.24) is 0 Å². The molecule has 0 aliphatic heterocycles. The molecule has 0 N–H and O–H groups in total. The highest BCUT2D eigenvalue weighted by molar-refractivity contribution is 5.53. The third kappa shape index (κ3) is 6.03. The minimum absolute atomic E-state index is 0.808. The maximum Gasteiger partial charge on any atom is 0.0372 e. The first-order valence-corrected chi connectivity index (χ1v) is 9.20. The monoisotopic (exact) mass is 357 g/mol. The first-order chi connectivity index (χ1) is 13.2. The lowest BCUT2D eigenvalue weighted by atomic mass is 10.0. The van der Waals surface area contributed by atoms with Gasteiger partial charge in [0.25, 0.3) is 0 Å². The molecule has 0 atom stereocenters. The summed E-state index contributed by atoms with van der Waals surface area (Å²) in [5.74, 6) is 0. The largest absolute Gasteiger partial charge is 0.364 e. The Balaban J connectivity index is 2.06. The minimum Gasteiger partial charge on any atom is -0.364 e. The fourth-order valence-electron chi connectivity index (χ4n) is 2.95. The van der Waals surface area contributed by atoms with E-state index in [1.54, 1.807) is 0 Å². The fourth-order valence-corrected chi connectivity index (χ4v) is 2.95. The molecule has 0 fully saturated rings. The zero-order chi connectivity index (χ0) is 19.5. The summed E-state index contributed by atoms with van der Waals surface area (Å²) in [4.78, 5) is 4.46. The molecule has 0 saturated heterocycles. The van der Waals surface area contributed by atoms with Gasteiger partial charge < -0.3 is 9.80 Å². The van der Waals surface area contributed by atoms with Crippen molar-refractivity contribution in [3.63, 3.8) is 0 Å². The van der Waals surface area contributed by atoms with E-state index in [1.807, 2.05) is 24.3 Å². The van der Waals surface area contributed by atoms with E-state index < -0.39 is 0 Å². The summed E-state index contributed by atoms with van der Waals surface area (Å²) in [6.45, 7) is 18.5. The van der Waals surface area contributed by atoms with E-state index in [0.29, 0.717) is 0 Å². The maximum atomic E-state index is 3.83. The highest BCUT2D eigenvalue weighted by Gasteiger charge is 2.05. The van der Waals surface area contributed by atoms with Crippen LogP contribution in [-0.4, -0.2) is 26.2 Å². The molecule has 2 aromatic rings. The summed E-state index contributed by atoms with van der Waals surface area (Å²) >= 11 is 0. The van der Waals surface area contributed by atoms with Gasteiger partial charge >= 0.3 is 0 Å². The van der Waals surface area contributed by atoms with Gasteiger partial charge in [-0.1, -0.05) is 48.6 Å². The van der Waals surface area contributed by atoms with Crippen LogP contribution >= 0.6 is 0 Å². The van der Waals surface area contributed by atoms with Crippen molar-refractivity contribution >= 4 is 11.4 Å². The second kappa shape index (κ2) is 10.9. The lowest BCUT2D eigenvalue weighted by molar-refractivity contribution is 0.956. The lowest BCUT2D eigenvalue weighted by Gasteiger charge is -2.22. The van der Waals surface area contributed by atoms with E-state index in [1.165, 1.54) is 22.5 Å². The molecular formula is C25H29N2. The van der Waals surface area contributed by atoms with Crippen molar-refractivity contribution in [2.24, 2.45) is 0 Å². The summed E-state index contributed by atoms with van der Waals surface area (Å²) < 4.78 is 0. The van der Waals surface area contributed by atoms with Gasteiger partial charge in [0.2, 0.25) is 0 Å². The summed E-state index contributed by atoms with van der Waals surface area (Å²) in [7, 11) is 0.